The standard InChI is InChI=1S/C17H16N6/c18-10-15-17(21-7-6-19-15)23-8-3-12(4-9-23)14-11-22-16-13(14)2-1-5-20-16/h1-2,5-7,11-12H,3-4,8-9H2,(H,20,22). The van der Waals surface area contributed by atoms with E-state index in [4.69, 9.17) is 0 Å². The van der Waals surface area contributed by atoms with E-state index in [1.165, 1.54) is 10.9 Å². The number of fused-ring (bicyclic) bond motifs is 1. The van der Waals surface area contributed by atoms with Crippen LogP contribution in [0.4, 0.5) is 5.82 Å². The van der Waals surface area contributed by atoms with Crippen molar-refractivity contribution in [2.24, 2.45) is 0 Å². The van der Waals surface area contributed by atoms with E-state index in [1.807, 2.05) is 12.3 Å². The Morgan fingerprint density at radius 2 is 1.96 bits per heavy atom. The number of H-pyrrole nitrogens is 1. The third-order valence-corrected chi connectivity index (χ3v) is 4.50. The number of rotatable bonds is 2. The van der Waals surface area contributed by atoms with Crippen LogP contribution >= 0.6 is 0 Å². The molecule has 6 heteroatoms. The fourth-order valence-electron chi connectivity index (χ4n) is 3.36. The first-order valence-corrected chi connectivity index (χ1v) is 7.75. The molecule has 1 aliphatic heterocycles. The number of nitrogens with zero attached hydrogens (tertiary/aromatic N) is 5. The van der Waals surface area contributed by atoms with Gasteiger partial charge in [0, 0.05) is 43.3 Å². The molecule has 0 amide bonds. The number of nitriles is 1. The number of aromatic nitrogens is 4. The predicted octanol–water partition coefficient (Wildman–Crippen LogP) is 2.61. The van der Waals surface area contributed by atoms with Gasteiger partial charge in [-0.05, 0) is 36.5 Å². The van der Waals surface area contributed by atoms with Crippen molar-refractivity contribution in [2.45, 2.75) is 18.8 Å². The van der Waals surface area contributed by atoms with E-state index < -0.39 is 0 Å². The monoisotopic (exact) mass is 304 g/mol. The van der Waals surface area contributed by atoms with Gasteiger partial charge < -0.3 is 9.88 Å². The van der Waals surface area contributed by atoms with Gasteiger partial charge in [0.1, 0.15) is 11.7 Å². The van der Waals surface area contributed by atoms with Gasteiger partial charge in [-0.2, -0.15) is 5.26 Å². The average Bonchev–Trinajstić information content (AvgIpc) is 3.06. The second-order valence-corrected chi connectivity index (χ2v) is 5.75. The van der Waals surface area contributed by atoms with E-state index >= 15 is 0 Å². The van der Waals surface area contributed by atoms with Gasteiger partial charge in [0.15, 0.2) is 11.5 Å². The van der Waals surface area contributed by atoms with Crippen molar-refractivity contribution in [1.82, 2.24) is 19.9 Å². The highest BCUT2D eigenvalue weighted by atomic mass is 15.2. The van der Waals surface area contributed by atoms with Gasteiger partial charge in [0.05, 0.1) is 0 Å². The summed E-state index contributed by atoms with van der Waals surface area (Å²) in [6.45, 7) is 1.76. The molecule has 4 rings (SSSR count). The summed E-state index contributed by atoms with van der Waals surface area (Å²) in [6.07, 6.45) is 9.16. The minimum atomic E-state index is 0.405. The highest BCUT2D eigenvalue weighted by Gasteiger charge is 2.25. The van der Waals surface area contributed by atoms with Gasteiger partial charge in [0.2, 0.25) is 0 Å². The summed E-state index contributed by atoms with van der Waals surface area (Å²) >= 11 is 0. The molecular formula is C17H16N6. The Kier molecular flexibility index (Phi) is 3.39. The van der Waals surface area contributed by atoms with Crippen LogP contribution in [0.3, 0.4) is 0 Å². The van der Waals surface area contributed by atoms with E-state index in [2.05, 4.69) is 43.2 Å². The first kappa shape index (κ1) is 13.7. The molecule has 0 aromatic carbocycles. The number of hydrogen-bond donors (Lipinski definition) is 1. The number of piperidine rings is 1. The van der Waals surface area contributed by atoms with Gasteiger partial charge in [-0.25, -0.2) is 15.0 Å². The van der Waals surface area contributed by atoms with Crippen molar-refractivity contribution in [3.63, 3.8) is 0 Å². The predicted molar refractivity (Wildman–Crippen MR) is 87.0 cm³/mol. The zero-order valence-corrected chi connectivity index (χ0v) is 12.6. The van der Waals surface area contributed by atoms with Gasteiger partial charge in [-0.15, -0.1) is 0 Å². The van der Waals surface area contributed by atoms with E-state index in [-0.39, 0.29) is 0 Å². The number of anilines is 1. The molecule has 0 saturated carbocycles. The molecule has 6 nitrogen and oxygen atoms in total. The van der Waals surface area contributed by atoms with Crippen LogP contribution in [-0.2, 0) is 0 Å². The third-order valence-electron chi connectivity index (χ3n) is 4.50. The summed E-state index contributed by atoms with van der Waals surface area (Å²) in [5, 5.41) is 10.4. The van der Waals surface area contributed by atoms with E-state index in [9.17, 15) is 5.26 Å². The molecule has 1 saturated heterocycles. The molecule has 3 aromatic heterocycles. The second-order valence-electron chi connectivity index (χ2n) is 5.75. The summed E-state index contributed by atoms with van der Waals surface area (Å²) in [5.41, 5.74) is 2.69. The smallest absolute Gasteiger partial charge is 0.183 e. The quantitative estimate of drug-likeness (QED) is 0.787. The maximum Gasteiger partial charge on any atom is 0.183 e. The summed E-state index contributed by atoms with van der Waals surface area (Å²) < 4.78 is 0. The molecule has 0 unspecified atom stereocenters. The normalized spacial score (nSPS) is 15.7. The molecule has 1 aliphatic rings. The molecule has 4 heterocycles. The van der Waals surface area contributed by atoms with Crippen molar-refractivity contribution in [1.29, 1.82) is 5.26 Å². The lowest BCUT2D eigenvalue weighted by atomic mass is 9.89. The van der Waals surface area contributed by atoms with Crippen molar-refractivity contribution in [3.05, 3.63) is 48.2 Å². The largest absolute Gasteiger partial charge is 0.354 e. The Morgan fingerprint density at radius 1 is 1.13 bits per heavy atom. The zero-order valence-electron chi connectivity index (χ0n) is 12.6. The van der Waals surface area contributed by atoms with Gasteiger partial charge in [-0.1, -0.05) is 0 Å². The number of aromatic amines is 1. The summed E-state index contributed by atoms with van der Waals surface area (Å²) in [5.74, 6) is 1.21. The first-order valence-electron chi connectivity index (χ1n) is 7.75. The van der Waals surface area contributed by atoms with Crippen molar-refractivity contribution in [3.8, 4) is 6.07 Å². The number of hydrogen-bond acceptors (Lipinski definition) is 5. The zero-order chi connectivity index (χ0) is 15.6. The minimum Gasteiger partial charge on any atom is -0.354 e. The Morgan fingerprint density at radius 3 is 2.78 bits per heavy atom. The first-order chi connectivity index (χ1) is 11.4. The molecule has 0 radical (unpaired) electrons. The highest BCUT2D eigenvalue weighted by molar-refractivity contribution is 5.80. The van der Waals surface area contributed by atoms with Crippen LogP contribution in [0.1, 0.15) is 30.0 Å². The van der Waals surface area contributed by atoms with Crippen molar-refractivity contribution >= 4 is 16.9 Å². The second kappa shape index (κ2) is 5.69. The van der Waals surface area contributed by atoms with Crippen molar-refractivity contribution < 1.29 is 0 Å². The van der Waals surface area contributed by atoms with E-state index in [0.29, 0.717) is 17.4 Å². The fraction of sp³-hybridized carbons (Fsp3) is 0.294. The molecule has 0 atom stereocenters. The lowest BCUT2D eigenvalue weighted by Gasteiger charge is -2.32. The summed E-state index contributed by atoms with van der Waals surface area (Å²) in [7, 11) is 0. The molecule has 0 aliphatic carbocycles. The Hall–Kier alpha value is -2.94. The van der Waals surface area contributed by atoms with Crippen molar-refractivity contribution in [2.75, 3.05) is 18.0 Å². The molecular weight excluding hydrogens is 288 g/mol. The topological polar surface area (TPSA) is 81.5 Å². The summed E-state index contributed by atoms with van der Waals surface area (Å²) in [4.78, 5) is 18.2. The lowest BCUT2D eigenvalue weighted by Crippen LogP contribution is -2.34. The van der Waals surface area contributed by atoms with Crippen LogP contribution in [0.5, 0.6) is 0 Å². The van der Waals surface area contributed by atoms with Gasteiger partial charge in [-0.3, -0.25) is 0 Å². The molecule has 0 spiro atoms. The molecule has 114 valence electrons. The third kappa shape index (κ3) is 2.40. The molecule has 0 bridgehead atoms. The molecule has 1 fully saturated rings. The Bertz CT molecular complexity index is 870. The van der Waals surface area contributed by atoms with Crippen LogP contribution < -0.4 is 4.90 Å². The maximum atomic E-state index is 9.18. The lowest BCUT2D eigenvalue weighted by molar-refractivity contribution is 0.504. The molecule has 23 heavy (non-hydrogen) atoms. The van der Waals surface area contributed by atoms with Crippen LogP contribution in [-0.4, -0.2) is 33.0 Å². The van der Waals surface area contributed by atoms with E-state index in [0.717, 1.165) is 31.6 Å². The summed E-state index contributed by atoms with van der Waals surface area (Å²) in [6, 6.07) is 6.23. The average molecular weight is 304 g/mol. The Balaban J connectivity index is 1.54. The maximum absolute atomic E-state index is 9.18. The molecule has 1 N–H and O–H groups in total. The molecule has 3 aromatic rings. The van der Waals surface area contributed by atoms with Crippen LogP contribution in [0.15, 0.2) is 36.9 Å². The number of nitrogens with one attached hydrogen (secondary N) is 1. The van der Waals surface area contributed by atoms with Crippen LogP contribution in [0.25, 0.3) is 11.0 Å². The SMILES string of the molecule is N#Cc1nccnc1N1CCC(c2c[nH]c3ncccc23)CC1. The van der Waals surface area contributed by atoms with Crippen LogP contribution in [0.2, 0.25) is 0 Å². The van der Waals surface area contributed by atoms with Crippen LogP contribution in [0, 0.1) is 11.3 Å². The Labute approximate surface area is 133 Å². The number of pyridine rings is 1. The minimum absolute atomic E-state index is 0.405. The fourth-order valence-corrected chi connectivity index (χ4v) is 3.36. The van der Waals surface area contributed by atoms with Gasteiger partial charge in [0.25, 0.3) is 0 Å². The van der Waals surface area contributed by atoms with E-state index in [1.54, 1.807) is 12.4 Å². The van der Waals surface area contributed by atoms with Gasteiger partial charge >= 0.3 is 0 Å². The highest BCUT2D eigenvalue weighted by Crippen LogP contribution is 2.33.